The van der Waals surface area contributed by atoms with E-state index in [-0.39, 0.29) is 9.79 Å². The van der Waals surface area contributed by atoms with E-state index < -0.39 is 20.0 Å². The zero-order chi connectivity index (χ0) is 22.9. The summed E-state index contributed by atoms with van der Waals surface area (Å²) in [7, 11) is -7.47. The number of aromatic nitrogens is 3. The highest BCUT2D eigenvalue weighted by molar-refractivity contribution is 7.91. The van der Waals surface area contributed by atoms with Crippen LogP contribution >= 0.6 is 11.6 Å². The highest BCUT2D eigenvalue weighted by Crippen LogP contribution is 2.30. The van der Waals surface area contributed by atoms with E-state index in [4.69, 9.17) is 21.9 Å². The summed E-state index contributed by atoms with van der Waals surface area (Å²) in [6.07, 6.45) is 1.18. The first-order chi connectivity index (χ1) is 13.8. The second kappa shape index (κ2) is 8.98. The Bertz CT molecular complexity index is 1290. The molecule has 0 bridgehead atoms. The molecule has 9 nitrogen and oxygen atoms in total. The maximum atomic E-state index is 13.2. The number of halogens is 1. The Morgan fingerprint density at radius 1 is 1.20 bits per heavy atom. The van der Waals surface area contributed by atoms with Gasteiger partial charge >= 0.3 is 0 Å². The van der Waals surface area contributed by atoms with Crippen molar-refractivity contribution in [2.75, 3.05) is 6.26 Å². The molecule has 0 saturated heterocycles. The molecule has 0 amide bonds. The fourth-order valence-corrected chi connectivity index (χ4v) is 4.84. The first-order valence-electron chi connectivity index (χ1n) is 8.82. The van der Waals surface area contributed by atoms with E-state index >= 15 is 0 Å². The maximum absolute atomic E-state index is 13.2. The molecule has 0 aliphatic carbocycles. The minimum atomic E-state index is -3.80. The summed E-state index contributed by atoms with van der Waals surface area (Å²) >= 11 is 5.98. The van der Waals surface area contributed by atoms with Gasteiger partial charge < -0.3 is 5.73 Å². The van der Waals surface area contributed by atoms with E-state index in [2.05, 4.69) is 10.1 Å². The van der Waals surface area contributed by atoms with Gasteiger partial charge in [-0.15, -0.1) is 0 Å². The number of hydrogen-bond acceptors (Lipinski definition) is 7. The lowest BCUT2D eigenvalue weighted by atomic mass is 10.2. The highest BCUT2D eigenvalue weighted by atomic mass is 35.5. The monoisotopic (exact) mass is 474 g/mol. The van der Waals surface area contributed by atoms with Crippen molar-refractivity contribution < 1.29 is 21.4 Å². The topological polar surface area (TPSA) is 145 Å². The van der Waals surface area contributed by atoms with Crippen LogP contribution in [-0.4, -0.2) is 42.2 Å². The van der Waals surface area contributed by atoms with Crippen LogP contribution in [0.4, 0.5) is 0 Å². The van der Waals surface area contributed by atoms with Crippen LogP contribution in [0.2, 0.25) is 5.02 Å². The van der Waals surface area contributed by atoms with Crippen molar-refractivity contribution in [1.82, 2.24) is 14.6 Å². The normalized spacial score (nSPS) is 12.0. The molecular weight excluding hydrogens is 452 g/mol. The van der Waals surface area contributed by atoms with E-state index in [1.807, 2.05) is 20.8 Å². The van der Waals surface area contributed by atoms with Crippen molar-refractivity contribution in [3.05, 3.63) is 51.9 Å². The Balaban J connectivity index is 0.000000575. The van der Waals surface area contributed by atoms with E-state index in [1.165, 1.54) is 12.1 Å². The van der Waals surface area contributed by atoms with Crippen molar-refractivity contribution in [3.8, 4) is 0 Å². The van der Waals surface area contributed by atoms with Crippen LogP contribution in [0.15, 0.2) is 34.1 Å². The van der Waals surface area contributed by atoms with Crippen LogP contribution in [0, 0.1) is 13.8 Å². The lowest BCUT2D eigenvalue weighted by molar-refractivity contribution is 0.490. The maximum Gasteiger partial charge on any atom is 0.261 e. The molecule has 0 unspecified atom stereocenters. The van der Waals surface area contributed by atoms with E-state index in [9.17, 15) is 16.8 Å². The smallest absolute Gasteiger partial charge is 0.261 e. The molecule has 0 atom stereocenters. The van der Waals surface area contributed by atoms with Gasteiger partial charge in [0, 0.05) is 28.5 Å². The minimum Gasteiger partial charge on any atom is -0.326 e. The number of rotatable bonds is 4. The lowest BCUT2D eigenvalue weighted by Crippen LogP contribution is -2.10. The number of sulfone groups is 1. The summed E-state index contributed by atoms with van der Waals surface area (Å²) in [5.41, 5.74) is 8.97. The zero-order valence-corrected chi connectivity index (χ0v) is 19.3. The van der Waals surface area contributed by atoms with Gasteiger partial charge in [0.2, 0.25) is 9.84 Å². The number of nitrogens with two attached hydrogens (primary N) is 1. The van der Waals surface area contributed by atoms with Crippen molar-refractivity contribution in [3.63, 3.8) is 0 Å². The van der Waals surface area contributed by atoms with Crippen LogP contribution in [0.5, 0.6) is 0 Å². The zero-order valence-electron chi connectivity index (χ0n) is 16.9. The SMILES string of the molecule is CCc1nn2c(C)c(CN)c(C)nc2c1S(=O)(=O)c1cccc(Cl)c1.CS(=O)(=O)O. The van der Waals surface area contributed by atoms with Gasteiger partial charge in [-0.3, -0.25) is 4.55 Å². The minimum absolute atomic E-state index is 0.129. The van der Waals surface area contributed by atoms with Gasteiger partial charge in [0.05, 0.1) is 16.8 Å². The van der Waals surface area contributed by atoms with Crippen molar-refractivity contribution in [2.45, 2.75) is 43.5 Å². The third kappa shape index (κ3) is 5.16. The Labute approximate surface area is 180 Å². The van der Waals surface area contributed by atoms with Crippen LogP contribution in [0.25, 0.3) is 5.65 Å². The van der Waals surface area contributed by atoms with Crippen LogP contribution in [0.1, 0.15) is 29.6 Å². The molecule has 12 heteroatoms. The first kappa shape index (κ1) is 24.2. The third-order valence-electron chi connectivity index (χ3n) is 4.27. The Hall–Kier alpha value is -2.05. The largest absolute Gasteiger partial charge is 0.326 e. The standard InChI is InChI=1S/C17H19ClN4O2S.CH4O3S/c1-4-15-16(25(23,24)13-7-5-6-12(18)8-13)17-20-10(2)14(9-19)11(3)22(17)21-15;1-5(2,3)4/h5-8H,4,9,19H2,1-3H3;1H3,(H,2,3,4). The molecule has 1 aromatic carbocycles. The summed E-state index contributed by atoms with van der Waals surface area (Å²) in [4.78, 5) is 4.76. The average molecular weight is 475 g/mol. The molecule has 2 heterocycles. The van der Waals surface area contributed by atoms with E-state index in [0.717, 1.165) is 11.3 Å². The Morgan fingerprint density at radius 3 is 2.30 bits per heavy atom. The highest BCUT2D eigenvalue weighted by Gasteiger charge is 2.29. The molecule has 3 rings (SSSR count). The van der Waals surface area contributed by atoms with Crippen LogP contribution < -0.4 is 5.73 Å². The molecule has 2 aromatic heterocycles. The summed E-state index contributed by atoms with van der Waals surface area (Å²) in [5.74, 6) is 0. The van der Waals surface area contributed by atoms with Crippen LogP contribution in [-0.2, 0) is 32.9 Å². The number of aryl methyl sites for hydroxylation is 3. The third-order valence-corrected chi connectivity index (χ3v) is 6.33. The number of nitrogens with zero attached hydrogens (tertiary/aromatic N) is 3. The van der Waals surface area contributed by atoms with Crippen molar-refractivity contribution in [2.24, 2.45) is 5.73 Å². The summed E-state index contributed by atoms with van der Waals surface area (Å²) in [5, 5.41) is 4.84. The van der Waals surface area contributed by atoms with E-state index in [0.29, 0.717) is 41.3 Å². The summed E-state index contributed by atoms with van der Waals surface area (Å²) < 4.78 is 53.9. The molecule has 3 N–H and O–H groups in total. The fraction of sp³-hybridized carbons (Fsp3) is 0.333. The van der Waals surface area contributed by atoms with E-state index in [1.54, 1.807) is 16.6 Å². The Morgan fingerprint density at radius 2 is 1.80 bits per heavy atom. The predicted molar refractivity (Wildman–Crippen MR) is 114 cm³/mol. The van der Waals surface area contributed by atoms with Crippen LogP contribution in [0.3, 0.4) is 0 Å². The molecule has 30 heavy (non-hydrogen) atoms. The summed E-state index contributed by atoms with van der Waals surface area (Å²) in [6, 6.07) is 6.21. The average Bonchev–Trinajstić information content (AvgIpc) is 3.00. The number of hydrogen-bond donors (Lipinski definition) is 2. The van der Waals surface area contributed by atoms with Gasteiger partial charge in [0.15, 0.2) is 5.65 Å². The molecule has 0 spiro atoms. The van der Waals surface area contributed by atoms with Gasteiger partial charge in [-0.05, 0) is 38.5 Å². The van der Waals surface area contributed by atoms with Gasteiger partial charge in [-0.1, -0.05) is 24.6 Å². The fourth-order valence-electron chi connectivity index (χ4n) is 2.94. The number of benzene rings is 1. The molecule has 0 aliphatic rings. The van der Waals surface area contributed by atoms with Crippen molar-refractivity contribution >= 4 is 37.2 Å². The summed E-state index contributed by atoms with van der Waals surface area (Å²) in [6.45, 7) is 5.87. The molecule has 0 fully saturated rings. The van der Waals surface area contributed by atoms with Gasteiger partial charge in [0.25, 0.3) is 10.1 Å². The van der Waals surface area contributed by atoms with Gasteiger partial charge in [-0.25, -0.2) is 17.9 Å². The molecular formula is C18H23ClN4O5S2. The first-order valence-corrected chi connectivity index (χ1v) is 12.5. The number of fused-ring (bicyclic) bond motifs is 1. The molecule has 0 saturated carbocycles. The second-order valence-corrected chi connectivity index (χ2v) is 10.3. The quantitative estimate of drug-likeness (QED) is 0.548. The van der Waals surface area contributed by atoms with Crippen molar-refractivity contribution in [1.29, 1.82) is 0 Å². The molecule has 0 aliphatic heterocycles. The second-order valence-electron chi connectivity index (χ2n) is 6.52. The van der Waals surface area contributed by atoms with Gasteiger partial charge in [-0.2, -0.15) is 13.5 Å². The molecule has 3 aromatic rings. The predicted octanol–water partition coefficient (Wildman–Crippen LogP) is 2.36. The van der Waals surface area contributed by atoms with Gasteiger partial charge in [0.1, 0.15) is 4.90 Å². The molecule has 164 valence electrons. The Kier molecular flexibility index (Phi) is 7.25. The molecule has 0 radical (unpaired) electrons. The lowest BCUT2D eigenvalue weighted by Gasteiger charge is -2.10.